The van der Waals surface area contributed by atoms with Crippen LogP contribution in [-0.4, -0.2) is 18.0 Å². The second-order valence-electron chi connectivity index (χ2n) is 5.89. The number of anilines is 1. The smallest absolute Gasteiger partial charge is 0.331 e. The first-order valence-electron chi connectivity index (χ1n) is 7.98. The van der Waals surface area contributed by atoms with E-state index in [1.54, 1.807) is 18.2 Å². The molecule has 1 N–H and O–H groups in total. The maximum absolute atomic E-state index is 12.2. The van der Waals surface area contributed by atoms with Gasteiger partial charge in [0.1, 0.15) is 0 Å². The molecule has 0 bridgehead atoms. The van der Waals surface area contributed by atoms with Gasteiger partial charge in [0.15, 0.2) is 6.10 Å². The van der Waals surface area contributed by atoms with E-state index in [9.17, 15) is 9.59 Å². The van der Waals surface area contributed by atoms with Gasteiger partial charge in [-0.3, -0.25) is 4.79 Å². The quantitative estimate of drug-likeness (QED) is 0.563. The highest BCUT2D eigenvalue weighted by atomic mass is 35.5. The van der Waals surface area contributed by atoms with Crippen molar-refractivity contribution in [1.82, 2.24) is 0 Å². The van der Waals surface area contributed by atoms with Crippen molar-refractivity contribution in [3.8, 4) is 0 Å². The Kier molecular flexibility index (Phi) is 6.83. The Morgan fingerprint density at radius 2 is 1.85 bits per heavy atom. The molecule has 0 radical (unpaired) electrons. The molecule has 2 rings (SSSR count). The summed E-state index contributed by atoms with van der Waals surface area (Å²) >= 11 is 11.9. The number of rotatable bonds is 5. The largest absolute Gasteiger partial charge is 0.449 e. The van der Waals surface area contributed by atoms with Crippen molar-refractivity contribution in [2.24, 2.45) is 0 Å². The third-order valence-corrected chi connectivity index (χ3v) is 4.23. The number of nitrogens with one attached hydrogen (secondary N) is 1. The zero-order chi connectivity index (χ0) is 19.3. The van der Waals surface area contributed by atoms with Crippen LogP contribution in [0.1, 0.15) is 23.6 Å². The number of carbonyl (C=O) groups is 2. The Morgan fingerprint density at radius 3 is 2.50 bits per heavy atom. The molecule has 136 valence electrons. The van der Waals surface area contributed by atoms with Crippen molar-refractivity contribution in [2.75, 3.05) is 5.32 Å². The van der Waals surface area contributed by atoms with Crippen LogP contribution in [0.2, 0.25) is 10.0 Å². The number of halogens is 2. The first-order valence-corrected chi connectivity index (χ1v) is 8.73. The molecular formula is C20H19Cl2NO3. The summed E-state index contributed by atoms with van der Waals surface area (Å²) in [6, 6.07) is 10.6. The van der Waals surface area contributed by atoms with Crippen LogP contribution in [0.15, 0.2) is 42.5 Å². The highest BCUT2D eigenvalue weighted by Gasteiger charge is 2.17. The SMILES string of the molecule is Cc1ccc(NC(=O)[C@@H](C)OC(=O)/C=C/c2ccc(Cl)cc2Cl)c(C)c1. The van der Waals surface area contributed by atoms with Crippen molar-refractivity contribution in [3.63, 3.8) is 0 Å². The highest BCUT2D eigenvalue weighted by molar-refractivity contribution is 6.35. The first-order chi connectivity index (χ1) is 12.3. The molecule has 4 nitrogen and oxygen atoms in total. The van der Waals surface area contributed by atoms with Crippen LogP contribution in [0, 0.1) is 13.8 Å². The zero-order valence-electron chi connectivity index (χ0n) is 14.7. The molecule has 0 aliphatic rings. The fourth-order valence-electron chi connectivity index (χ4n) is 2.25. The summed E-state index contributed by atoms with van der Waals surface area (Å²) in [6.45, 7) is 5.39. The standard InChI is InChI=1S/C20H19Cl2NO3/c1-12-4-8-18(13(2)10-12)23-20(25)14(3)26-19(24)9-6-15-5-7-16(21)11-17(15)22/h4-11,14H,1-3H3,(H,23,25)/b9-6+/t14-/m1/s1. The number of benzene rings is 2. The molecule has 0 aliphatic heterocycles. The Labute approximate surface area is 162 Å². The third-order valence-electron chi connectivity index (χ3n) is 3.66. The average Bonchev–Trinajstić information content (AvgIpc) is 2.56. The number of ether oxygens (including phenoxy) is 1. The predicted octanol–water partition coefficient (Wildman–Crippen LogP) is 5.19. The van der Waals surface area contributed by atoms with Gasteiger partial charge in [-0.2, -0.15) is 0 Å². The molecule has 0 saturated heterocycles. The molecule has 0 spiro atoms. The highest BCUT2D eigenvalue weighted by Crippen LogP contribution is 2.22. The molecule has 0 heterocycles. The fraction of sp³-hybridized carbons (Fsp3) is 0.200. The average molecular weight is 392 g/mol. The van der Waals surface area contributed by atoms with E-state index in [2.05, 4.69) is 5.32 Å². The van der Waals surface area contributed by atoms with Crippen LogP contribution < -0.4 is 5.32 Å². The predicted molar refractivity (Wildman–Crippen MR) is 106 cm³/mol. The normalized spacial score (nSPS) is 12.0. The number of aryl methyl sites for hydroxylation is 2. The van der Waals surface area contributed by atoms with Crippen molar-refractivity contribution < 1.29 is 14.3 Å². The minimum absolute atomic E-state index is 0.400. The van der Waals surface area contributed by atoms with E-state index in [1.807, 2.05) is 32.0 Å². The van der Waals surface area contributed by atoms with Gasteiger partial charge in [-0.25, -0.2) is 4.79 Å². The van der Waals surface area contributed by atoms with E-state index in [4.69, 9.17) is 27.9 Å². The van der Waals surface area contributed by atoms with E-state index in [0.717, 1.165) is 11.1 Å². The van der Waals surface area contributed by atoms with Crippen LogP contribution >= 0.6 is 23.2 Å². The van der Waals surface area contributed by atoms with Gasteiger partial charge in [-0.1, -0.05) is 47.0 Å². The van der Waals surface area contributed by atoms with E-state index in [-0.39, 0.29) is 0 Å². The lowest BCUT2D eigenvalue weighted by molar-refractivity contribution is -0.148. The topological polar surface area (TPSA) is 55.4 Å². The minimum atomic E-state index is -0.937. The Balaban J connectivity index is 1.95. The molecule has 26 heavy (non-hydrogen) atoms. The van der Waals surface area contributed by atoms with Gasteiger partial charge in [0.2, 0.25) is 0 Å². The number of carbonyl (C=O) groups excluding carboxylic acids is 2. The molecule has 0 fully saturated rings. The number of esters is 1. The van der Waals surface area contributed by atoms with Crippen LogP contribution in [0.4, 0.5) is 5.69 Å². The first kappa shape index (κ1) is 20.0. The summed E-state index contributed by atoms with van der Waals surface area (Å²) in [6.07, 6.45) is 1.79. The maximum atomic E-state index is 12.2. The van der Waals surface area contributed by atoms with E-state index >= 15 is 0 Å². The molecule has 0 aromatic heterocycles. The fourth-order valence-corrected chi connectivity index (χ4v) is 2.72. The molecule has 2 aromatic carbocycles. The molecule has 2 aromatic rings. The number of hydrogen-bond donors (Lipinski definition) is 1. The Bertz CT molecular complexity index is 862. The number of amides is 1. The van der Waals surface area contributed by atoms with E-state index in [1.165, 1.54) is 19.1 Å². The molecule has 0 aliphatic carbocycles. The van der Waals surface area contributed by atoms with Crippen LogP contribution in [-0.2, 0) is 14.3 Å². The molecular weight excluding hydrogens is 373 g/mol. The lowest BCUT2D eigenvalue weighted by atomic mass is 10.1. The molecule has 0 saturated carbocycles. The third kappa shape index (κ3) is 5.61. The number of hydrogen-bond acceptors (Lipinski definition) is 3. The van der Waals surface area contributed by atoms with E-state index in [0.29, 0.717) is 21.3 Å². The van der Waals surface area contributed by atoms with E-state index < -0.39 is 18.0 Å². The van der Waals surface area contributed by atoms with Gasteiger partial charge in [0.05, 0.1) is 0 Å². The summed E-state index contributed by atoms with van der Waals surface area (Å²) < 4.78 is 5.13. The molecule has 0 unspecified atom stereocenters. The monoisotopic (exact) mass is 391 g/mol. The minimum Gasteiger partial charge on any atom is -0.449 e. The van der Waals surface area contributed by atoms with Crippen LogP contribution in [0.5, 0.6) is 0 Å². The summed E-state index contributed by atoms with van der Waals surface area (Å²) in [4.78, 5) is 24.1. The van der Waals surface area contributed by atoms with Gasteiger partial charge < -0.3 is 10.1 Å². The zero-order valence-corrected chi connectivity index (χ0v) is 16.2. The van der Waals surface area contributed by atoms with Gasteiger partial charge in [0.25, 0.3) is 5.91 Å². The summed E-state index contributed by atoms with van der Waals surface area (Å²) in [5.41, 5.74) is 3.35. The molecule has 1 atom stereocenters. The van der Waals surface area contributed by atoms with Gasteiger partial charge in [0, 0.05) is 21.8 Å². The van der Waals surface area contributed by atoms with Crippen LogP contribution in [0.25, 0.3) is 6.08 Å². The summed E-state index contributed by atoms with van der Waals surface area (Å²) in [5, 5.41) is 3.68. The van der Waals surface area contributed by atoms with Crippen molar-refractivity contribution in [2.45, 2.75) is 26.9 Å². The van der Waals surface area contributed by atoms with Gasteiger partial charge >= 0.3 is 5.97 Å². The summed E-state index contributed by atoms with van der Waals surface area (Å²) in [7, 11) is 0. The molecule has 6 heteroatoms. The van der Waals surface area contributed by atoms with Crippen molar-refractivity contribution >= 4 is 46.8 Å². The van der Waals surface area contributed by atoms with Crippen molar-refractivity contribution in [3.05, 3.63) is 69.2 Å². The second kappa shape index (κ2) is 8.88. The second-order valence-corrected chi connectivity index (χ2v) is 6.73. The summed E-state index contributed by atoms with van der Waals surface area (Å²) in [5.74, 6) is -1.04. The Hall–Kier alpha value is -2.30. The lowest BCUT2D eigenvalue weighted by Crippen LogP contribution is -2.29. The lowest BCUT2D eigenvalue weighted by Gasteiger charge is -2.14. The Morgan fingerprint density at radius 1 is 1.12 bits per heavy atom. The van der Waals surface area contributed by atoms with Gasteiger partial charge in [-0.05, 0) is 56.2 Å². The van der Waals surface area contributed by atoms with Gasteiger partial charge in [-0.15, -0.1) is 0 Å². The van der Waals surface area contributed by atoms with Crippen LogP contribution in [0.3, 0.4) is 0 Å². The van der Waals surface area contributed by atoms with Crippen molar-refractivity contribution in [1.29, 1.82) is 0 Å². The maximum Gasteiger partial charge on any atom is 0.331 e. The molecule has 1 amide bonds.